The van der Waals surface area contributed by atoms with E-state index in [9.17, 15) is 9.59 Å². The summed E-state index contributed by atoms with van der Waals surface area (Å²) in [5.41, 5.74) is 1.59. The Labute approximate surface area is 209 Å². The highest BCUT2D eigenvalue weighted by Gasteiger charge is 2.28. The maximum Gasteiger partial charge on any atom is 0.332 e. The van der Waals surface area contributed by atoms with Crippen LogP contribution in [0.1, 0.15) is 45.1 Å². The molecule has 1 atom stereocenters. The number of fused-ring (bicyclic) bond motifs is 2. The van der Waals surface area contributed by atoms with E-state index in [-0.39, 0.29) is 17.6 Å². The van der Waals surface area contributed by atoms with E-state index in [1.807, 2.05) is 42.8 Å². The lowest BCUT2D eigenvalue weighted by molar-refractivity contribution is 0.321. The monoisotopic (exact) mass is 490 g/mol. The summed E-state index contributed by atoms with van der Waals surface area (Å²) in [7, 11) is 3.50. The Hall–Kier alpha value is -3.53. The van der Waals surface area contributed by atoms with Gasteiger partial charge in [0.2, 0.25) is 5.95 Å². The van der Waals surface area contributed by atoms with E-state index in [1.54, 1.807) is 7.05 Å². The van der Waals surface area contributed by atoms with Crippen molar-refractivity contribution in [1.29, 1.82) is 0 Å². The number of nitrogens with zero attached hydrogens (tertiary/aromatic N) is 7. The molecule has 190 valence electrons. The number of nitrogens with one attached hydrogen (secondary N) is 1. The average molecular weight is 491 g/mol. The van der Waals surface area contributed by atoms with Gasteiger partial charge in [-0.25, -0.2) is 14.8 Å². The lowest BCUT2D eigenvalue weighted by Gasteiger charge is -2.37. The highest BCUT2D eigenvalue weighted by atomic mass is 16.2. The lowest BCUT2D eigenvalue weighted by Crippen LogP contribution is -2.52. The van der Waals surface area contributed by atoms with E-state index < -0.39 is 5.69 Å². The van der Waals surface area contributed by atoms with Gasteiger partial charge in [-0.05, 0) is 46.6 Å². The number of aromatic nitrogens is 6. The van der Waals surface area contributed by atoms with Crippen molar-refractivity contribution < 1.29 is 0 Å². The van der Waals surface area contributed by atoms with Crippen molar-refractivity contribution in [1.82, 2.24) is 34.0 Å². The first-order chi connectivity index (χ1) is 17.0. The second kappa shape index (κ2) is 8.85. The number of piperidine rings is 1. The molecule has 0 bridgehead atoms. The van der Waals surface area contributed by atoms with Crippen LogP contribution in [0.25, 0.3) is 22.1 Å². The summed E-state index contributed by atoms with van der Waals surface area (Å²) in [4.78, 5) is 43.0. The minimum absolute atomic E-state index is 0.00503. The maximum atomic E-state index is 13.6. The third kappa shape index (κ3) is 4.30. The molecule has 0 radical (unpaired) electrons. The van der Waals surface area contributed by atoms with Crippen molar-refractivity contribution in [2.75, 3.05) is 18.0 Å². The molecular weight excluding hydrogens is 456 g/mol. The van der Waals surface area contributed by atoms with Crippen LogP contribution in [0.4, 0.5) is 5.95 Å². The molecule has 1 fully saturated rings. The van der Waals surface area contributed by atoms with Crippen LogP contribution in [-0.2, 0) is 20.6 Å². The fourth-order valence-corrected chi connectivity index (χ4v) is 5.25. The number of hydrogen-bond acceptors (Lipinski definition) is 7. The molecule has 1 aliphatic heterocycles. The Balaban J connectivity index is 1.55. The van der Waals surface area contributed by atoms with Gasteiger partial charge in [-0.3, -0.25) is 13.9 Å². The quantitative estimate of drug-likeness (QED) is 0.467. The molecule has 36 heavy (non-hydrogen) atoms. The summed E-state index contributed by atoms with van der Waals surface area (Å²) in [5.74, 6) is 1.13. The second-order valence-corrected chi connectivity index (χ2v) is 10.8. The second-order valence-electron chi connectivity index (χ2n) is 10.8. The maximum absolute atomic E-state index is 13.6. The Morgan fingerprint density at radius 2 is 1.81 bits per heavy atom. The van der Waals surface area contributed by atoms with Crippen LogP contribution in [0.3, 0.4) is 0 Å². The molecule has 4 aromatic rings. The van der Waals surface area contributed by atoms with E-state index in [2.05, 4.69) is 41.0 Å². The topological polar surface area (TPSA) is 103 Å². The largest absolute Gasteiger partial charge is 0.341 e. The number of aryl methyl sites for hydroxylation is 3. The predicted molar refractivity (Wildman–Crippen MR) is 142 cm³/mol. The van der Waals surface area contributed by atoms with Gasteiger partial charge >= 0.3 is 5.69 Å². The Kier molecular flexibility index (Phi) is 5.94. The van der Waals surface area contributed by atoms with E-state index >= 15 is 0 Å². The molecule has 5 rings (SSSR count). The first-order valence-corrected chi connectivity index (χ1v) is 12.4. The SMILES string of the molecule is Cc1nc(Cn2c(=O)c3c(nc(N4CCCC(NC(C)(C)C)C4)n3C)n(C)c2=O)nc2ccccc12. The van der Waals surface area contributed by atoms with Gasteiger partial charge in [0.25, 0.3) is 5.56 Å². The minimum Gasteiger partial charge on any atom is -0.341 e. The molecule has 1 aliphatic rings. The van der Waals surface area contributed by atoms with Crippen LogP contribution in [0.2, 0.25) is 0 Å². The molecule has 1 saturated heterocycles. The predicted octanol–water partition coefficient (Wildman–Crippen LogP) is 2.09. The summed E-state index contributed by atoms with van der Waals surface area (Å²) >= 11 is 0. The van der Waals surface area contributed by atoms with Gasteiger partial charge in [0, 0.05) is 49.8 Å². The zero-order chi connectivity index (χ0) is 25.8. The van der Waals surface area contributed by atoms with Gasteiger partial charge in [0.15, 0.2) is 11.2 Å². The molecule has 1 N–H and O–H groups in total. The van der Waals surface area contributed by atoms with Crippen LogP contribution in [0, 0.1) is 6.92 Å². The smallest absolute Gasteiger partial charge is 0.332 e. The summed E-state index contributed by atoms with van der Waals surface area (Å²) in [6, 6.07) is 8.05. The molecule has 0 saturated carbocycles. The Morgan fingerprint density at radius 1 is 1.06 bits per heavy atom. The van der Waals surface area contributed by atoms with E-state index in [4.69, 9.17) is 4.98 Å². The van der Waals surface area contributed by atoms with Crippen LogP contribution in [-0.4, -0.2) is 53.3 Å². The number of anilines is 1. The molecule has 0 spiro atoms. The third-order valence-electron chi connectivity index (χ3n) is 6.82. The molecule has 4 heterocycles. The number of imidazole rings is 1. The van der Waals surface area contributed by atoms with Gasteiger partial charge in [0.1, 0.15) is 5.82 Å². The van der Waals surface area contributed by atoms with Gasteiger partial charge in [0.05, 0.1) is 12.1 Å². The van der Waals surface area contributed by atoms with Crippen LogP contribution >= 0.6 is 0 Å². The minimum atomic E-state index is -0.433. The molecule has 0 aliphatic carbocycles. The average Bonchev–Trinajstić information content (AvgIpc) is 3.17. The Morgan fingerprint density at radius 3 is 2.56 bits per heavy atom. The number of benzene rings is 1. The normalized spacial score (nSPS) is 16.8. The number of para-hydroxylation sites is 1. The van der Waals surface area contributed by atoms with Gasteiger partial charge in [-0.2, -0.15) is 4.98 Å². The fourth-order valence-electron chi connectivity index (χ4n) is 5.25. The third-order valence-corrected chi connectivity index (χ3v) is 6.82. The lowest BCUT2D eigenvalue weighted by atomic mass is 10.0. The number of rotatable bonds is 4. The van der Waals surface area contributed by atoms with Crippen molar-refractivity contribution in [2.45, 2.75) is 58.7 Å². The standard InChI is InChI=1S/C26H34N8O2/c1-16-18-11-7-8-12-19(18)28-20(27-16)15-34-23(35)21-22(32(6)25(34)36)29-24(31(21)5)33-13-9-10-17(14-33)30-26(2,3)4/h7-8,11-12,17,30H,9-10,13-15H2,1-6H3. The summed E-state index contributed by atoms with van der Waals surface area (Å²) < 4.78 is 4.47. The molecule has 1 aromatic carbocycles. The van der Waals surface area contributed by atoms with E-state index in [1.165, 1.54) is 9.13 Å². The molecule has 0 amide bonds. The zero-order valence-electron chi connectivity index (χ0n) is 21.9. The highest BCUT2D eigenvalue weighted by Crippen LogP contribution is 2.23. The molecule has 10 nitrogen and oxygen atoms in total. The summed E-state index contributed by atoms with van der Waals surface area (Å²) in [6.07, 6.45) is 2.12. The van der Waals surface area contributed by atoms with Crippen molar-refractivity contribution in [3.05, 3.63) is 56.6 Å². The van der Waals surface area contributed by atoms with Crippen LogP contribution in [0.5, 0.6) is 0 Å². The Bertz CT molecular complexity index is 1570. The summed E-state index contributed by atoms with van der Waals surface area (Å²) in [5, 5.41) is 4.64. The van der Waals surface area contributed by atoms with Crippen molar-refractivity contribution in [3.8, 4) is 0 Å². The number of hydrogen-bond donors (Lipinski definition) is 1. The van der Waals surface area contributed by atoms with Crippen LogP contribution in [0.15, 0.2) is 33.9 Å². The zero-order valence-corrected chi connectivity index (χ0v) is 21.9. The van der Waals surface area contributed by atoms with Gasteiger partial charge in [-0.15, -0.1) is 0 Å². The molecule has 10 heteroatoms. The molecule has 3 aromatic heterocycles. The van der Waals surface area contributed by atoms with Crippen molar-refractivity contribution in [3.63, 3.8) is 0 Å². The first-order valence-electron chi connectivity index (χ1n) is 12.4. The molecule has 1 unspecified atom stereocenters. The van der Waals surface area contributed by atoms with Crippen LogP contribution < -0.4 is 21.5 Å². The fraction of sp³-hybridized carbons (Fsp3) is 0.500. The van der Waals surface area contributed by atoms with Crippen molar-refractivity contribution in [2.24, 2.45) is 14.1 Å². The van der Waals surface area contributed by atoms with E-state index in [0.29, 0.717) is 29.0 Å². The first kappa shape index (κ1) is 24.2. The van der Waals surface area contributed by atoms with Gasteiger partial charge in [-0.1, -0.05) is 18.2 Å². The molecular formula is C26H34N8O2. The van der Waals surface area contributed by atoms with E-state index in [0.717, 1.165) is 42.5 Å². The van der Waals surface area contributed by atoms with Crippen molar-refractivity contribution >= 4 is 28.0 Å². The van der Waals surface area contributed by atoms with Gasteiger partial charge < -0.3 is 14.8 Å². The summed E-state index contributed by atoms with van der Waals surface area (Å²) in [6.45, 7) is 10.0. The highest BCUT2D eigenvalue weighted by molar-refractivity contribution is 5.80.